The molecule has 0 amide bonds. The average Bonchev–Trinajstić information content (AvgIpc) is 2.25. The fraction of sp³-hybridized carbons (Fsp3) is 0.455. The van der Waals surface area contributed by atoms with E-state index in [2.05, 4.69) is 0 Å². The first-order valence-electron chi connectivity index (χ1n) is 4.75. The number of thioether (sulfide) groups is 1. The molecule has 3 heteroatoms. The molecule has 1 aromatic carbocycles. The molecule has 0 radical (unpaired) electrons. The number of aliphatic hydroxyl groups is 1. The minimum absolute atomic E-state index is 0.244. The van der Waals surface area contributed by atoms with Crippen molar-refractivity contribution in [2.45, 2.75) is 17.7 Å². The van der Waals surface area contributed by atoms with Crippen LogP contribution in [0.3, 0.4) is 0 Å². The second kappa shape index (κ2) is 6.74. The molecule has 0 saturated carbocycles. The fourth-order valence-electron chi connectivity index (χ4n) is 1.13. The van der Waals surface area contributed by atoms with E-state index in [9.17, 15) is 0 Å². The van der Waals surface area contributed by atoms with Gasteiger partial charge in [-0.05, 0) is 31.2 Å². The standard InChI is InChI=1S/C11H16O2S/c1-14-11-7-3-2-6-10(11)13-9-5-4-8-12/h2-3,6-7,12H,4-5,8-9H2,1H3. The fourth-order valence-corrected chi connectivity index (χ4v) is 1.68. The molecule has 0 aliphatic rings. The smallest absolute Gasteiger partial charge is 0.132 e. The summed E-state index contributed by atoms with van der Waals surface area (Å²) in [5.74, 6) is 0.943. The Morgan fingerprint density at radius 2 is 2.07 bits per heavy atom. The molecule has 0 spiro atoms. The van der Waals surface area contributed by atoms with Crippen LogP contribution in [0.25, 0.3) is 0 Å². The monoisotopic (exact) mass is 212 g/mol. The molecule has 0 heterocycles. The van der Waals surface area contributed by atoms with E-state index in [1.807, 2.05) is 30.5 Å². The summed E-state index contributed by atoms with van der Waals surface area (Å²) in [6.45, 7) is 0.922. The van der Waals surface area contributed by atoms with Crippen LogP contribution in [0.4, 0.5) is 0 Å². The molecule has 1 aromatic rings. The molecule has 0 saturated heterocycles. The summed E-state index contributed by atoms with van der Waals surface area (Å²) in [7, 11) is 0. The first kappa shape index (κ1) is 11.4. The molecule has 0 fully saturated rings. The highest BCUT2D eigenvalue weighted by Crippen LogP contribution is 2.26. The summed E-state index contributed by atoms with van der Waals surface area (Å²) in [6, 6.07) is 8.00. The first-order valence-corrected chi connectivity index (χ1v) is 5.97. The zero-order valence-corrected chi connectivity index (χ0v) is 9.22. The van der Waals surface area contributed by atoms with Crippen molar-refractivity contribution in [1.82, 2.24) is 0 Å². The lowest BCUT2D eigenvalue weighted by Crippen LogP contribution is -1.99. The number of rotatable bonds is 6. The normalized spacial score (nSPS) is 10.1. The van der Waals surface area contributed by atoms with Crippen molar-refractivity contribution in [3.05, 3.63) is 24.3 Å². The van der Waals surface area contributed by atoms with E-state index in [1.54, 1.807) is 11.8 Å². The van der Waals surface area contributed by atoms with Gasteiger partial charge >= 0.3 is 0 Å². The van der Waals surface area contributed by atoms with Crippen LogP contribution in [0.5, 0.6) is 5.75 Å². The van der Waals surface area contributed by atoms with Crippen molar-refractivity contribution in [3.63, 3.8) is 0 Å². The summed E-state index contributed by atoms with van der Waals surface area (Å²) in [5, 5.41) is 8.60. The Bertz CT molecular complexity index is 263. The van der Waals surface area contributed by atoms with Gasteiger partial charge in [0.1, 0.15) is 5.75 Å². The minimum Gasteiger partial charge on any atom is -0.492 e. The minimum atomic E-state index is 0.244. The lowest BCUT2D eigenvalue weighted by molar-refractivity contribution is 0.251. The van der Waals surface area contributed by atoms with Crippen molar-refractivity contribution in [2.24, 2.45) is 0 Å². The molecule has 0 unspecified atom stereocenters. The molecule has 0 bridgehead atoms. The molecule has 2 nitrogen and oxygen atoms in total. The Balaban J connectivity index is 2.41. The Morgan fingerprint density at radius 1 is 1.29 bits per heavy atom. The summed E-state index contributed by atoms with van der Waals surface area (Å²) in [6.07, 6.45) is 3.75. The SMILES string of the molecule is CSc1ccccc1OCCCCO. The average molecular weight is 212 g/mol. The van der Waals surface area contributed by atoms with Crippen LogP contribution in [-0.4, -0.2) is 24.6 Å². The third-order valence-corrected chi connectivity index (χ3v) is 2.66. The molecule has 0 aromatic heterocycles. The molecular formula is C11H16O2S. The predicted octanol–water partition coefficient (Wildman–Crippen LogP) is 2.56. The number of ether oxygens (including phenoxy) is 1. The van der Waals surface area contributed by atoms with Gasteiger partial charge in [0.2, 0.25) is 0 Å². The van der Waals surface area contributed by atoms with E-state index >= 15 is 0 Å². The van der Waals surface area contributed by atoms with Crippen LogP contribution in [0.15, 0.2) is 29.2 Å². The van der Waals surface area contributed by atoms with Crippen molar-refractivity contribution < 1.29 is 9.84 Å². The van der Waals surface area contributed by atoms with Crippen molar-refractivity contribution in [1.29, 1.82) is 0 Å². The maximum atomic E-state index is 8.60. The summed E-state index contributed by atoms with van der Waals surface area (Å²) in [4.78, 5) is 1.16. The highest BCUT2D eigenvalue weighted by Gasteiger charge is 2.00. The molecule has 78 valence electrons. The third-order valence-electron chi connectivity index (χ3n) is 1.88. The van der Waals surface area contributed by atoms with Gasteiger partial charge in [0.25, 0.3) is 0 Å². The van der Waals surface area contributed by atoms with E-state index in [0.717, 1.165) is 23.5 Å². The van der Waals surface area contributed by atoms with E-state index in [0.29, 0.717) is 6.61 Å². The Morgan fingerprint density at radius 3 is 2.79 bits per heavy atom. The largest absolute Gasteiger partial charge is 0.492 e. The molecular weight excluding hydrogens is 196 g/mol. The molecule has 0 aliphatic carbocycles. The lowest BCUT2D eigenvalue weighted by Gasteiger charge is -2.08. The summed E-state index contributed by atoms with van der Waals surface area (Å²) in [5.41, 5.74) is 0. The van der Waals surface area contributed by atoms with Gasteiger partial charge in [-0.2, -0.15) is 0 Å². The number of benzene rings is 1. The van der Waals surface area contributed by atoms with Gasteiger partial charge < -0.3 is 9.84 Å². The molecule has 1 rings (SSSR count). The third kappa shape index (κ3) is 3.60. The highest BCUT2D eigenvalue weighted by atomic mass is 32.2. The topological polar surface area (TPSA) is 29.5 Å². The van der Waals surface area contributed by atoms with Crippen LogP contribution in [0.2, 0.25) is 0 Å². The number of hydrogen-bond donors (Lipinski definition) is 1. The van der Waals surface area contributed by atoms with Gasteiger partial charge in [-0.1, -0.05) is 12.1 Å². The van der Waals surface area contributed by atoms with Crippen LogP contribution >= 0.6 is 11.8 Å². The zero-order valence-electron chi connectivity index (χ0n) is 8.40. The van der Waals surface area contributed by atoms with Gasteiger partial charge in [-0.3, -0.25) is 0 Å². The molecule has 14 heavy (non-hydrogen) atoms. The van der Waals surface area contributed by atoms with Crippen LogP contribution in [-0.2, 0) is 0 Å². The lowest BCUT2D eigenvalue weighted by atomic mass is 10.3. The Labute approximate surface area is 89.3 Å². The van der Waals surface area contributed by atoms with Gasteiger partial charge in [0, 0.05) is 11.5 Å². The number of unbranched alkanes of at least 4 members (excludes halogenated alkanes) is 1. The number of hydrogen-bond acceptors (Lipinski definition) is 3. The first-order chi connectivity index (χ1) is 6.88. The maximum Gasteiger partial charge on any atom is 0.132 e. The molecule has 0 atom stereocenters. The Kier molecular flexibility index (Phi) is 5.49. The van der Waals surface area contributed by atoms with E-state index < -0.39 is 0 Å². The molecule has 0 aliphatic heterocycles. The van der Waals surface area contributed by atoms with E-state index in [-0.39, 0.29) is 6.61 Å². The van der Waals surface area contributed by atoms with E-state index in [4.69, 9.17) is 9.84 Å². The van der Waals surface area contributed by atoms with Crippen molar-refractivity contribution >= 4 is 11.8 Å². The van der Waals surface area contributed by atoms with Crippen molar-refractivity contribution in [3.8, 4) is 5.75 Å². The summed E-state index contributed by atoms with van der Waals surface area (Å²) >= 11 is 1.68. The Hall–Kier alpha value is -0.670. The maximum absolute atomic E-state index is 8.60. The van der Waals surface area contributed by atoms with Crippen LogP contribution in [0, 0.1) is 0 Å². The number of para-hydroxylation sites is 1. The van der Waals surface area contributed by atoms with Crippen LogP contribution in [0.1, 0.15) is 12.8 Å². The predicted molar refractivity (Wildman–Crippen MR) is 60.0 cm³/mol. The summed E-state index contributed by atoms with van der Waals surface area (Å²) < 4.78 is 5.60. The molecule has 1 N–H and O–H groups in total. The van der Waals surface area contributed by atoms with Crippen molar-refractivity contribution in [2.75, 3.05) is 19.5 Å². The van der Waals surface area contributed by atoms with E-state index in [1.165, 1.54) is 0 Å². The highest BCUT2D eigenvalue weighted by molar-refractivity contribution is 7.98. The van der Waals surface area contributed by atoms with Gasteiger partial charge in [-0.15, -0.1) is 11.8 Å². The van der Waals surface area contributed by atoms with Crippen LogP contribution < -0.4 is 4.74 Å². The van der Waals surface area contributed by atoms with Gasteiger partial charge in [0.15, 0.2) is 0 Å². The second-order valence-electron chi connectivity index (χ2n) is 2.93. The van der Waals surface area contributed by atoms with Gasteiger partial charge in [-0.25, -0.2) is 0 Å². The quantitative estimate of drug-likeness (QED) is 0.580. The zero-order chi connectivity index (χ0) is 10.2. The van der Waals surface area contributed by atoms with Gasteiger partial charge in [0.05, 0.1) is 6.61 Å². The number of aliphatic hydroxyl groups excluding tert-OH is 1. The second-order valence-corrected chi connectivity index (χ2v) is 3.78.